The van der Waals surface area contributed by atoms with Gasteiger partial charge in [0.2, 0.25) is 0 Å². The third-order valence-corrected chi connectivity index (χ3v) is 5.78. The molecule has 2 aromatic carbocycles. The lowest BCUT2D eigenvalue weighted by atomic mass is 9.87. The van der Waals surface area contributed by atoms with Crippen LogP contribution in [0.5, 0.6) is 0 Å². The van der Waals surface area contributed by atoms with Crippen LogP contribution in [0.15, 0.2) is 53.7 Å². The Morgan fingerprint density at radius 2 is 1.67 bits per heavy atom. The maximum atomic E-state index is 12.6. The summed E-state index contributed by atoms with van der Waals surface area (Å²) >= 11 is 6.03. The maximum absolute atomic E-state index is 12.6. The molecule has 0 atom stereocenters. The molecule has 0 unspecified atom stereocenters. The predicted molar refractivity (Wildman–Crippen MR) is 128 cm³/mol. The van der Waals surface area contributed by atoms with Gasteiger partial charge >= 0.3 is 5.97 Å². The number of rotatable bonds is 6. The third kappa shape index (κ3) is 5.76. The number of anilines is 1. The minimum absolute atomic E-state index is 0.00105. The van der Waals surface area contributed by atoms with Gasteiger partial charge < -0.3 is 9.74 Å². The summed E-state index contributed by atoms with van der Waals surface area (Å²) in [6.45, 7) is 8.41. The average molecular weight is 467 g/mol. The van der Waals surface area contributed by atoms with Crippen molar-refractivity contribution in [3.05, 3.63) is 70.2 Å². The van der Waals surface area contributed by atoms with Gasteiger partial charge in [0.05, 0.1) is 5.56 Å². The first-order valence-electron chi connectivity index (χ1n) is 11.0. The van der Waals surface area contributed by atoms with Crippen molar-refractivity contribution >= 4 is 29.2 Å². The topological polar surface area (TPSA) is 85.5 Å². The number of hydrogen-bond acceptors (Lipinski definition) is 7. The zero-order valence-corrected chi connectivity index (χ0v) is 19.8. The molecule has 0 amide bonds. The van der Waals surface area contributed by atoms with Crippen molar-refractivity contribution in [2.75, 3.05) is 18.0 Å². The van der Waals surface area contributed by atoms with Crippen LogP contribution in [0.1, 0.15) is 55.1 Å². The number of carbonyl (C=O) groups excluding carboxylic acids is 1. The van der Waals surface area contributed by atoms with E-state index in [4.69, 9.17) is 16.4 Å². The summed E-state index contributed by atoms with van der Waals surface area (Å²) in [5.74, 6) is 0.0603. The number of halogens is 1. The van der Waals surface area contributed by atoms with Gasteiger partial charge in [0.1, 0.15) is 12.3 Å². The highest BCUT2D eigenvalue weighted by Crippen LogP contribution is 2.22. The van der Waals surface area contributed by atoms with Crippen LogP contribution < -0.4 is 4.90 Å². The van der Waals surface area contributed by atoms with Crippen molar-refractivity contribution in [1.82, 2.24) is 20.2 Å². The lowest BCUT2D eigenvalue weighted by Gasteiger charge is -2.18. The van der Waals surface area contributed by atoms with Crippen LogP contribution in [0.3, 0.4) is 0 Å². The molecule has 2 heterocycles. The Bertz CT molecular complexity index is 1130. The number of hydrogen-bond donors (Lipinski definition) is 0. The van der Waals surface area contributed by atoms with Crippen LogP contribution >= 0.6 is 11.6 Å². The van der Waals surface area contributed by atoms with E-state index in [9.17, 15) is 4.79 Å². The summed E-state index contributed by atoms with van der Waals surface area (Å²) in [7, 11) is 0. The first-order chi connectivity index (χ1) is 15.8. The summed E-state index contributed by atoms with van der Waals surface area (Å²) in [6.07, 6.45) is 2.25. The molecule has 1 fully saturated rings. The molecule has 1 aliphatic rings. The van der Waals surface area contributed by atoms with Gasteiger partial charge in [-0.15, -0.1) is 5.10 Å². The predicted octanol–water partition coefficient (Wildman–Crippen LogP) is 4.49. The SMILES string of the molecule is CC(C)(C)c1ccc(C(=O)O/N=C(\Cn2nnc(N3CCCC3)n2)c2ccc(Cl)cc2)cc1. The Labute approximate surface area is 198 Å². The molecule has 9 heteroatoms. The van der Waals surface area contributed by atoms with Crippen LogP contribution in [-0.2, 0) is 16.8 Å². The molecule has 172 valence electrons. The van der Waals surface area contributed by atoms with Gasteiger partial charge in [-0.25, -0.2) is 4.79 Å². The van der Waals surface area contributed by atoms with Crippen molar-refractivity contribution in [3.8, 4) is 0 Å². The Hall–Kier alpha value is -3.26. The summed E-state index contributed by atoms with van der Waals surface area (Å²) in [4.78, 5) is 21.5. The summed E-state index contributed by atoms with van der Waals surface area (Å²) in [5.41, 5.74) is 2.79. The van der Waals surface area contributed by atoms with E-state index in [1.54, 1.807) is 24.3 Å². The fraction of sp³-hybridized carbons (Fsp3) is 0.375. The molecule has 0 bridgehead atoms. The highest BCUT2D eigenvalue weighted by Gasteiger charge is 2.19. The van der Waals surface area contributed by atoms with Gasteiger partial charge in [-0.2, -0.15) is 4.80 Å². The van der Waals surface area contributed by atoms with Gasteiger partial charge in [0.15, 0.2) is 0 Å². The first kappa shape index (κ1) is 22.9. The smallest absolute Gasteiger partial charge is 0.338 e. The van der Waals surface area contributed by atoms with E-state index < -0.39 is 5.97 Å². The number of tetrazole rings is 1. The molecule has 0 N–H and O–H groups in total. The Morgan fingerprint density at radius 3 is 2.30 bits per heavy atom. The van der Waals surface area contributed by atoms with E-state index in [0.29, 0.717) is 22.2 Å². The van der Waals surface area contributed by atoms with Crippen LogP contribution in [0, 0.1) is 0 Å². The van der Waals surface area contributed by atoms with E-state index in [-0.39, 0.29) is 12.0 Å². The van der Waals surface area contributed by atoms with Crippen molar-refractivity contribution in [2.45, 2.75) is 45.6 Å². The van der Waals surface area contributed by atoms with Crippen molar-refractivity contribution in [1.29, 1.82) is 0 Å². The minimum atomic E-state index is -0.536. The molecule has 0 radical (unpaired) electrons. The Balaban J connectivity index is 1.53. The lowest BCUT2D eigenvalue weighted by Crippen LogP contribution is -2.20. The summed E-state index contributed by atoms with van der Waals surface area (Å²) < 4.78 is 0. The highest BCUT2D eigenvalue weighted by atomic mass is 35.5. The molecule has 0 saturated carbocycles. The zero-order valence-electron chi connectivity index (χ0n) is 19.0. The third-order valence-electron chi connectivity index (χ3n) is 5.53. The van der Waals surface area contributed by atoms with Crippen molar-refractivity contribution in [3.63, 3.8) is 0 Å². The van der Waals surface area contributed by atoms with Crippen LogP contribution in [0.25, 0.3) is 0 Å². The van der Waals surface area contributed by atoms with Crippen LogP contribution in [0.2, 0.25) is 5.02 Å². The highest BCUT2D eigenvalue weighted by molar-refractivity contribution is 6.30. The normalized spacial score (nSPS) is 14.5. The fourth-order valence-corrected chi connectivity index (χ4v) is 3.68. The number of benzene rings is 2. The molecule has 3 aromatic rings. The minimum Gasteiger partial charge on any atom is -0.338 e. The van der Waals surface area contributed by atoms with E-state index in [1.807, 2.05) is 24.3 Å². The molecular formula is C24H27ClN6O2. The summed E-state index contributed by atoms with van der Waals surface area (Å²) in [6, 6.07) is 14.5. The Morgan fingerprint density at radius 1 is 1.03 bits per heavy atom. The standard InChI is InChI=1S/C24H27ClN6O2/c1-24(2,3)19-10-6-18(7-11-19)22(32)33-28-21(17-8-12-20(25)13-9-17)16-31-27-23(26-29-31)30-14-4-5-15-30/h6-13H,4-5,14-16H2,1-3H3/b28-21+. The molecule has 1 saturated heterocycles. The van der Waals surface area contributed by atoms with Gasteiger partial charge in [0, 0.05) is 23.7 Å². The van der Waals surface area contributed by atoms with Crippen LogP contribution in [0.4, 0.5) is 5.95 Å². The van der Waals surface area contributed by atoms with Gasteiger partial charge in [0.25, 0.3) is 5.95 Å². The number of aromatic nitrogens is 4. The van der Waals surface area contributed by atoms with E-state index in [0.717, 1.165) is 37.1 Å². The maximum Gasteiger partial charge on any atom is 0.365 e. The molecule has 4 rings (SSSR count). The van der Waals surface area contributed by atoms with Crippen molar-refractivity contribution < 1.29 is 9.63 Å². The molecular weight excluding hydrogens is 440 g/mol. The van der Waals surface area contributed by atoms with E-state index >= 15 is 0 Å². The lowest BCUT2D eigenvalue weighted by molar-refractivity contribution is 0.0515. The summed E-state index contributed by atoms with van der Waals surface area (Å²) in [5, 5.41) is 17.5. The average Bonchev–Trinajstić information content (AvgIpc) is 3.48. The first-order valence-corrected chi connectivity index (χ1v) is 11.3. The number of carbonyl (C=O) groups is 1. The second kappa shape index (κ2) is 9.70. The molecule has 0 spiro atoms. The molecule has 8 nitrogen and oxygen atoms in total. The zero-order chi connectivity index (χ0) is 23.4. The largest absolute Gasteiger partial charge is 0.365 e. The van der Waals surface area contributed by atoms with E-state index in [2.05, 4.69) is 46.2 Å². The molecule has 1 aromatic heterocycles. The number of oxime groups is 1. The molecule has 1 aliphatic heterocycles. The van der Waals surface area contributed by atoms with Crippen molar-refractivity contribution in [2.24, 2.45) is 5.16 Å². The van der Waals surface area contributed by atoms with Crippen LogP contribution in [-0.4, -0.2) is 45.0 Å². The monoisotopic (exact) mass is 466 g/mol. The fourth-order valence-electron chi connectivity index (χ4n) is 3.55. The molecule has 0 aliphatic carbocycles. The van der Waals surface area contributed by atoms with E-state index in [1.165, 1.54) is 4.80 Å². The number of nitrogens with zero attached hydrogens (tertiary/aromatic N) is 6. The van der Waals surface area contributed by atoms with Gasteiger partial charge in [-0.05, 0) is 53.3 Å². The molecule has 33 heavy (non-hydrogen) atoms. The van der Waals surface area contributed by atoms with Gasteiger partial charge in [-0.1, -0.05) is 66.9 Å². The Kier molecular flexibility index (Phi) is 6.74. The van der Waals surface area contributed by atoms with Gasteiger partial charge in [-0.3, -0.25) is 0 Å². The second-order valence-corrected chi connectivity index (χ2v) is 9.50. The quantitative estimate of drug-likeness (QED) is 0.302. The second-order valence-electron chi connectivity index (χ2n) is 9.06.